The zero-order valence-electron chi connectivity index (χ0n) is 14.5. The Bertz CT molecular complexity index is 1010. The summed E-state index contributed by atoms with van der Waals surface area (Å²) in [5.74, 6) is 0. The van der Waals surface area contributed by atoms with Gasteiger partial charge in [-0.15, -0.1) is 0 Å². The fourth-order valence-corrected chi connectivity index (χ4v) is 3.84. The number of hydrogen-bond donors (Lipinski definition) is 1. The van der Waals surface area contributed by atoms with Gasteiger partial charge in [0.25, 0.3) is 0 Å². The average molecular weight is 324 g/mol. The van der Waals surface area contributed by atoms with Crippen molar-refractivity contribution >= 4 is 18.1 Å². The van der Waals surface area contributed by atoms with Crippen molar-refractivity contribution in [3.05, 3.63) is 89.0 Å². The monoisotopic (exact) mass is 324 g/mol. The molecule has 3 aromatic rings. The quantitative estimate of drug-likeness (QED) is 0.596. The van der Waals surface area contributed by atoms with Crippen molar-refractivity contribution in [3.8, 4) is 11.1 Å². The third-order valence-electron chi connectivity index (χ3n) is 5.22. The lowest BCUT2D eigenvalue weighted by Gasteiger charge is -2.22. The third kappa shape index (κ3) is 2.25. The maximum atomic E-state index is 8.68. The molecule has 0 fully saturated rings. The van der Waals surface area contributed by atoms with Gasteiger partial charge in [-0.05, 0) is 41.1 Å². The maximum absolute atomic E-state index is 8.68. The van der Waals surface area contributed by atoms with Gasteiger partial charge in [-0.1, -0.05) is 68.4 Å². The summed E-state index contributed by atoms with van der Waals surface area (Å²) < 4.78 is 0. The fourth-order valence-electron chi connectivity index (χ4n) is 3.84. The van der Waals surface area contributed by atoms with Crippen LogP contribution in [-0.2, 0) is 5.41 Å². The number of hydrogen-bond acceptors (Lipinski definition) is 2. The van der Waals surface area contributed by atoms with Crippen molar-refractivity contribution < 1.29 is 0 Å². The predicted octanol–water partition coefficient (Wildman–Crippen LogP) is 5.74. The summed E-state index contributed by atoms with van der Waals surface area (Å²) in [5, 5.41) is 8.68. The molecule has 3 aromatic carbocycles. The van der Waals surface area contributed by atoms with Gasteiger partial charge in [0.05, 0.1) is 11.4 Å². The minimum absolute atomic E-state index is 0.0571. The van der Waals surface area contributed by atoms with Crippen molar-refractivity contribution in [2.45, 2.75) is 19.3 Å². The molecule has 25 heavy (non-hydrogen) atoms. The molecule has 0 spiro atoms. The van der Waals surface area contributed by atoms with Gasteiger partial charge in [0.1, 0.15) is 0 Å². The number of para-hydroxylation sites is 1. The molecule has 2 nitrogen and oxygen atoms in total. The molecule has 0 bridgehead atoms. The second-order valence-electron chi connectivity index (χ2n) is 6.98. The highest BCUT2D eigenvalue weighted by Gasteiger charge is 2.35. The Labute approximate surface area is 148 Å². The molecule has 4 rings (SSSR count). The number of benzene rings is 3. The van der Waals surface area contributed by atoms with Crippen LogP contribution < -0.4 is 0 Å². The van der Waals surface area contributed by atoms with Crippen LogP contribution in [0.15, 0.2) is 71.7 Å². The summed E-state index contributed by atoms with van der Waals surface area (Å²) in [6, 6.07) is 22.6. The van der Waals surface area contributed by atoms with E-state index in [2.05, 4.69) is 62.0 Å². The second-order valence-corrected chi connectivity index (χ2v) is 6.98. The molecule has 0 amide bonds. The van der Waals surface area contributed by atoms with Crippen molar-refractivity contribution in [2.24, 2.45) is 4.99 Å². The summed E-state index contributed by atoms with van der Waals surface area (Å²) in [4.78, 5) is 4.06. The summed E-state index contributed by atoms with van der Waals surface area (Å²) in [6.45, 7) is 8.14. The Morgan fingerprint density at radius 1 is 0.880 bits per heavy atom. The Kier molecular flexibility index (Phi) is 3.43. The van der Waals surface area contributed by atoms with Gasteiger partial charge in [-0.2, -0.15) is 0 Å². The van der Waals surface area contributed by atoms with Gasteiger partial charge in [0.2, 0.25) is 0 Å². The molecule has 122 valence electrons. The summed E-state index contributed by atoms with van der Waals surface area (Å²) in [5.41, 5.74) is 8.09. The van der Waals surface area contributed by atoms with E-state index in [4.69, 9.17) is 5.41 Å². The molecule has 0 aromatic heterocycles. The molecule has 0 saturated carbocycles. The van der Waals surface area contributed by atoms with Crippen LogP contribution >= 0.6 is 0 Å². The van der Waals surface area contributed by atoms with Gasteiger partial charge in [0.15, 0.2) is 0 Å². The standard InChI is InChI=1S/C23H20N2/c1-23(2)19-10-6-4-8-16(19)17-13-12-15(14-20(17)23)22(24)18-9-5-7-11-21(18)25-3/h4-14,24H,3H2,1-2H3. The summed E-state index contributed by atoms with van der Waals surface area (Å²) in [6.07, 6.45) is 0. The molecule has 1 aliphatic carbocycles. The van der Waals surface area contributed by atoms with Crippen molar-refractivity contribution in [1.29, 1.82) is 5.41 Å². The van der Waals surface area contributed by atoms with Gasteiger partial charge >= 0.3 is 0 Å². The number of fused-ring (bicyclic) bond motifs is 3. The first-order valence-corrected chi connectivity index (χ1v) is 8.43. The van der Waals surface area contributed by atoms with Crippen LogP contribution in [0, 0.1) is 5.41 Å². The molecular formula is C23H20N2. The highest BCUT2D eigenvalue weighted by atomic mass is 14.7. The van der Waals surface area contributed by atoms with Crippen molar-refractivity contribution in [3.63, 3.8) is 0 Å². The van der Waals surface area contributed by atoms with E-state index in [1.807, 2.05) is 30.3 Å². The number of nitrogens with zero attached hydrogens (tertiary/aromatic N) is 1. The van der Waals surface area contributed by atoms with E-state index in [0.29, 0.717) is 5.71 Å². The van der Waals surface area contributed by atoms with Crippen LogP contribution in [0.1, 0.15) is 36.1 Å². The first kappa shape index (κ1) is 15.5. The second kappa shape index (κ2) is 5.52. The van der Waals surface area contributed by atoms with Crippen molar-refractivity contribution in [1.82, 2.24) is 0 Å². The fraction of sp³-hybridized carbons (Fsp3) is 0.130. The van der Waals surface area contributed by atoms with Crippen LogP contribution in [0.2, 0.25) is 0 Å². The van der Waals surface area contributed by atoms with Crippen LogP contribution in [0.25, 0.3) is 11.1 Å². The topological polar surface area (TPSA) is 36.2 Å². The lowest BCUT2D eigenvalue weighted by Crippen LogP contribution is -2.15. The molecule has 2 heteroatoms. The predicted molar refractivity (Wildman–Crippen MR) is 106 cm³/mol. The van der Waals surface area contributed by atoms with E-state index in [9.17, 15) is 0 Å². The van der Waals surface area contributed by atoms with E-state index in [1.165, 1.54) is 22.3 Å². The largest absolute Gasteiger partial charge is 0.300 e. The SMILES string of the molecule is C=Nc1ccccc1C(=N)c1ccc2c(c1)C(C)(C)c1ccccc1-2. The van der Waals surface area contributed by atoms with E-state index in [-0.39, 0.29) is 5.41 Å². The number of nitrogens with one attached hydrogen (secondary N) is 1. The molecule has 0 radical (unpaired) electrons. The molecule has 0 atom stereocenters. The van der Waals surface area contributed by atoms with E-state index >= 15 is 0 Å². The van der Waals surface area contributed by atoms with Crippen molar-refractivity contribution in [2.75, 3.05) is 0 Å². The third-order valence-corrected chi connectivity index (χ3v) is 5.22. The highest BCUT2D eigenvalue weighted by molar-refractivity contribution is 6.14. The van der Waals surface area contributed by atoms with E-state index in [1.54, 1.807) is 0 Å². The Morgan fingerprint density at radius 3 is 2.36 bits per heavy atom. The lowest BCUT2D eigenvalue weighted by atomic mass is 9.81. The van der Waals surface area contributed by atoms with Crippen LogP contribution in [0.4, 0.5) is 5.69 Å². The number of aliphatic imine (C=N–C) groups is 1. The zero-order chi connectivity index (χ0) is 17.6. The lowest BCUT2D eigenvalue weighted by molar-refractivity contribution is 0.660. The molecule has 0 heterocycles. The first-order valence-electron chi connectivity index (χ1n) is 8.43. The normalized spacial score (nSPS) is 13.8. The Balaban J connectivity index is 1.85. The molecule has 0 unspecified atom stereocenters. The highest BCUT2D eigenvalue weighted by Crippen LogP contribution is 2.48. The molecule has 0 aliphatic heterocycles. The van der Waals surface area contributed by atoms with Crippen LogP contribution in [0.3, 0.4) is 0 Å². The van der Waals surface area contributed by atoms with Crippen LogP contribution in [0.5, 0.6) is 0 Å². The van der Waals surface area contributed by atoms with E-state index < -0.39 is 0 Å². The minimum Gasteiger partial charge on any atom is -0.300 e. The minimum atomic E-state index is -0.0571. The van der Waals surface area contributed by atoms with Gasteiger partial charge in [0, 0.05) is 16.5 Å². The Morgan fingerprint density at radius 2 is 1.56 bits per heavy atom. The van der Waals surface area contributed by atoms with Gasteiger partial charge < -0.3 is 0 Å². The first-order chi connectivity index (χ1) is 12.0. The molecule has 1 N–H and O–H groups in total. The maximum Gasteiger partial charge on any atom is 0.0716 e. The van der Waals surface area contributed by atoms with Crippen LogP contribution in [-0.4, -0.2) is 12.4 Å². The smallest absolute Gasteiger partial charge is 0.0716 e. The van der Waals surface area contributed by atoms with Gasteiger partial charge in [-0.25, -0.2) is 0 Å². The molecule has 0 saturated heterocycles. The summed E-state index contributed by atoms with van der Waals surface area (Å²) in [7, 11) is 0. The molecule has 1 aliphatic rings. The van der Waals surface area contributed by atoms with E-state index in [0.717, 1.165) is 16.8 Å². The van der Waals surface area contributed by atoms with Gasteiger partial charge in [-0.3, -0.25) is 10.4 Å². The number of rotatable bonds is 3. The molecular weight excluding hydrogens is 304 g/mol. The summed E-state index contributed by atoms with van der Waals surface area (Å²) >= 11 is 0. The Hall–Kier alpha value is -3.00. The average Bonchev–Trinajstić information content (AvgIpc) is 2.89. The zero-order valence-corrected chi connectivity index (χ0v) is 14.5.